The molecule has 2 heterocycles. The molecule has 1 aliphatic rings. The molecule has 1 N–H and O–H groups in total. The monoisotopic (exact) mass is 312 g/mol. The fraction of sp³-hybridized carbons (Fsp3) is 0.250. The van der Waals surface area contributed by atoms with E-state index >= 15 is 0 Å². The number of para-hydroxylation sites is 1. The predicted octanol–water partition coefficient (Wildman–Crippen LogP) is 1.93. The van der Waals surface area contributed by atoms with Crippen LogP contribution in [0.15, 0.2) is 42.7 Å². The number of amides is 2. The smallest absolute Gasteiger partial charge is 0.290 e. The average molecular weight is 312 g/mol. The van der Waals surface area contributed by atoms with Gasteiger partial charge >= 0.3 is 0 Å². The average Bonchev–Trinajstić information content (AvgIpc) is 2.58. The van der Waals surface area contributed by atoms with Crippen LogP contribution in [0.3, 0.4) is 0 Å². The molecule has 7 nitrogen and oxygen atoms in total. The summed E-state index contributed by atoms with van der Waals surface area (Å²) in [6, 6.07) is 9.17. The Morgan fingerprint density at radius 3 is 2.65 bits per heavy atom. The number of nitrogens with zero attached hydrogens (tertiary/aromatic N) is 3. The first-order valence-electron chi connectivity index (χ1n) is 7.39. The number of hydrazine groups is 1. The zero-order chi connectivity index (χ0) is 16.1. The molecule has 2 amide bonds. The Bertz CT molecular complexity index is 688. The summed E-state index contributed by atoms with van der Waals surface area (Å²) in [4.78, 5) is 31.8. The maximum Gasteiger partial charge on any atom is 0.290 e. The Morgan fingerprint density at radius 1 is 1.13 bits per heavy atom. The van der Waals surface area contributed by atoms with Crippen LogP contribution in [-0.4, -0.2) is 33.3 Å². The van der Waals surface area contributed by atoms with Crippen LogP contribution in [-0.2, 0) is 4.79 Å². The number of carbonyl (C=O) groups is 2. The van der Waals surface area contributed by atoms with Crippen molar-refractivity contribution < 1.29 is 14.3 Å². The number of piperidine rings is 1. The fourth-order valence-corrected chi connectivity index (χ4v) is 2.20. The quantitative estimate of drug-likeness (QED) is 0.932. The summed E-state index contributed by atoms with van der Waals surface area (Å²) >= 11 is 0. The molecular weight excluding hydrogens is 296 g/mol. The molecule has 118 valence electrons. The molecule has 1 fully saturated rings. The van der Waals surface area contributed by atoms with Crippen molar-refractivity contribution >= 4 is 11.8 Å². The molecule has 0 unspecified atom stereocenters. The van der Waals surface area contributed by atoms with Gasteiger partial charge in [0, 0.05) is 13.0 Å². The molecule has 0 saturated carbocycles. The van der Waals surface area contributed by atoms with E-state index in [4.69, 9.17) is 4.74 Å². The van der Waals surface area contributed by atoms with Crippen molar-refractivity contribution in [1.82, 2.24) is 20.4 Å². The van der Waals surface area contributed by atoms with Crippen molar-refractivity contribution in [2.75, 3.05) is 6.54 Å². The lowest BCUT2D eigenvalue weighted by atomic mass is 10.1. The number of ether oxygens (including phenoxy) is 1. The Labute approximate surface area is 133 Å². The van der Waals surface area contributed by atoms with Gasteiger partial charge < -0.3 is 4.74 Å². The molecule has 0 radical (unpaired) electrons. The Balaban J connectivity index is 1.62. The number of carbonyl (C=O) groups excluding carboxylic acids is 2. The minimum atomic E-state index is -0.459. The third-order valence-corrected chi connectivity index (χ3v) is 3.39. The highest BCUT2D eigenvalue weighted by molar-refractivity contribution is 5.93. The van der Waals surface area contributed by atoms with Crippen LogP contribution in [0.4, 0.5) is 0 Å². The summed E-state index contributed by atoms with van der Waals surface area (Å²) in [6.45, 7) is 0.521. The highest BCUT2D eigenvalue weighted by Crippen LogP contribution is 2.17. The van der Waals surface area contributed by atoms with Crippen LogP contribution < -0.4 is 10.2 Å². The third kappa shape index (κ3) is 3.82. The molecule has 2 aromatic rings. The van der Waals surface area contributed by atoms with E-state index < -0.39 is 5.91 Å². The first-order chi connectivity index (χ1) is 11.2. The molecule has 0 spiro atoms. The molecule has 0 atom stereocenters. The number of hydrogen-bond donors (Lipinski definition) is 1. The van der Waals surface area contributed by atoms with Crippen LogP contribution in [0.25, 0.3) is 0 Å². The second-order valence-corrected chi connectivity index (χ2v) is 5.10. The van der Waals surface area contributed by atoms with Gasteiger partial charge in [-0.2, -0.15) is 0 Å². The van der Waals surface area contributed by atoms with E-state index in [1.165, 1.54) is 17.4 Å². The topological polar surface area (TPSA) is 84.4 Å². The summed E-state index contributed by atoms with van der Waals surface area (Å²) in [5.41, 5.74) is 2.68. The van der Waals surface area contributed by atoms with Gasteiger partial charge in [-0.05, 0) is 25.0 Å². The van der Waals surface area contributed by atoms with Crippen LogP contribution >= 0.6 is 0 Å². The van der Waals surface area contributed by atoms with Crippen molar-refractivity contribution in [2.45, 2.75) is 19.3 Å². The Hall–Kier alpha value is -2.96. The zero-order valence-electron chi connectivity index (χ0n) is 12.4. The SMILES string of the molecule is O=C(NN1CCCCC1=O)c1cnc(Oc2ccccc2)cn1. The van der Waals surface area contributed by atoms with Gasteiger partial charge in [0.05, 0.1) is 12.4 Å². The van der Waals surface area contributed by atoms with Crippen LogP contribution in [0.5, 0.6) is 11.6 Å². The molecule has 1 aromatic heterocycles. The highest BCUT2D eigenvalue weighted by Gasteiger charge is 2.21. The number of benzene rings is 1. The number of rotatable bonds is 4. The van der Waals surface area contributed by atoms with Crippen molar-refractivity contribution in [3.63, 3.8) is 0 Å². The van der Waals surface area contributed by atoms with Crippen LogP contribution in [0.1, 0.15) is 29.8 Å². The van der Waals surface area contributed by atoms with Gasteiger partial charge in [-0.3, -0.25) is 20.0 Å². The van der Waals surface area contributed by atoms with Crippen LogP contribution in [0.2, 0.25) is 0 Å². The minimum Gasteiger partial charge on any atom is -0.438 e. The lowest BCUT2D eigenvalue weighted by molar-refractivity contribution is -0.135. The Morgan fingerprint density at radius 2 is 1.96 bits per heavy atom. The van der Waals surface area contributed by atoms with Gasteiger partial charge in [0.25, 0.3) is 5.91 Å². The lowest BCUT2D eigenvalue weighted by Crippen LogP contribution is -2.48. The van der Waals surface area contributed by atoms with Gasteiger partial charge in [-0.25, -0.2) is 9.97 Å². The van der Waals surface area contributed by atoms with Gasteiger partial charge in [-0.15, -0.1) is 0 Å². The largest absolute Gasteiger partial charge is 0.438 e. The van der Waals surface area contributed by atoms with E-state index in [0.717, 1.165) is 12.8 Å². The maximum atomic E-state index is 12.1. The number of nitrogens with one attached hydrogen (secondary N) is 1. The summed E-state index contributed by atoms with van der Waals surface area (Å²) in [6.07, 6.45) is 4.88. The minimum absolute atomic E-state index is 0.0819. The van der Waals surface area contributed by atoms with Crippen molar-refractivity contribution in [3.05, 3.63) is 48.4 Å². The van der Waals surface area contributed by atoms with Crippen molar-refractivity contribution in [2.24, 2.45) is 0 Å². The normalized spacial score (nSPS) is 14.4. The number of aromatic nitrogens is 2. The highest BCUT2D eigenvalue weighted by atomic mass is 16.5. The molecule has 0 aliphatic carbocycles. The second kappa shape index (κ2) is 6.87. The summed E-state index contributed by atoms with van der Waals surface area (Å²) in [5.74, 6) is 0.389. The van der Waals surface area contributed by atoms with E-state index in [1.807, 2.05) is 18.2 Å². The third-order valence-electron chi connectivity index (χ3n) is 3.39. The first kappa shape index (κ1) is 15.0. The maximum absolute atomic E-state index is 12.1. The second-order valence-electron chi connectivity index (χ2n) is 5.10. The van der Waals surface area contributed by atoms with Crippen LogP contribution in [0, 0.1) is 0 Å². The van der Waals surface area contributed by atoms with Crippen molar-refractivity contribution in [1.29, 1.82) is 0 Å². The molecule has 3 rings (SSSR count). The summed E-state index contributed by atoms with van der Waals surface area (Å²) < 4.78 is 5.51. The van der Waals surface area contributed by atoms with Gasteiger partial charge in [0.1, 0.15) is 11.4 Å². The Kier molecular flexibility index (Phi) is 4.46. The predicted molar refractivity (Wildman–Crippen MR) is 81.6 cm³/mol. The summed E-state index contributed by atoms with van der Waals surface area (Å²) in [5, 5.41) is 1.34. The van der Waals surface area contributed by atoms with E-state index in [0.29, 0.717) is 24.6 Å². The van der Waals surface area contributed by atoms with E-state index in [1.54, 1.807) is 12.1 Å². The molecule has 0 bridgehead atoms. The molecule has 1 saturated heterocycles. The van der Waals surface area contributed by atoms with E-state index in [-0.39, 0.29) is 11.6 Å². The van der Waals surface area contributed by atoms with Gasteiger partial charge in [0.2, 0.25) is 11.8 Å². The van der Waals surface area contributed by atoms with Crippen molar-refractivity contribution in [3.8, 4) is 11.6 Å². The molecule has 7 heteroatoms. The van der Waals surface area contributed by atoms with Gasteiger partial charge in [0.15, 0.2) is 0 Å². The molecule has 23 heavy (non-hydrogen) atoms. The lowest BCUT2D eigenvalue weighted by Gasteiger charge is -2.26. The molecule has 1 aliphatic heterocycles. The summed E-state index contributed by atoms with van der Waals surface area (Å²) in [7, 11) is 0. The molecule has 1 aromatic carbocycles. The molecular formula is C16H16N4O3. The first-order valence-corrected chi connectivity index (χ1v) is 7.39. The van der Waals surface area contributed by atoms with Gasteiger partial charge in [-0.1, -0.05) is 18.2 Å². The number of hydrogen-bond acceptors (Lipinski definition) is 5. The van der Waals surface area contributed by atoms with E-state index in [2.05, 4.69) is 15.4 Å². The fourth-order valence-electron chi connectivity index (χ4n) is 2.20. The zero-order valence-corrected chi connectivity index (χ0v) is 12.4. The van der Waals surface area contributed by atoms with E-state index in [9.17, 15) is 9.59 Å². The standard InChI is InChI=1S/C16H16N4O3/c21-15-8-4-5-9-20(15)19-16(22)13-10-18-14(11-17-13)23-12-6-2-1-3-7-12/h1-3,6-7,10-11H,4-5,8-9H2,(H,19,22).